The van der Waals surface area contributed by atoms with Crippen LogP contribution in [-0.4, -0.2) is 41.1 Å². The highest BCUT2D eigenvalue weighted by molar-refractivity contribution is 5.88. The van der Waals surface area contributed by atoms with Crippen molar-refractivity contribution < 1.29 is 19.5 Å². The van der Waals surface area contributed by atoms with E-state index in [1.54, 1.807) is 13.8 Å². The van der Waals surface area contributed by atoms with Gasteiger partial charge in [-0.2, -0.15) is 0 Å². The van der Waals surface area contributed by atoms with Crippen molar-refractivity contribution in [2.75, 3.05) is 0 Å². The van der Waals surface area contributed by atoms with Gasteiger partial charge in [0, 0.05) is 6.04 Å². The molecule has 1 rings (SSSR count). The molecule has 1 saturated carbocycles. The van der Waals surface area contributed by atoms with Gasteiger partial charge in [0.05, 0.1) is 0 Å². The van der Waals surface area contributed by atoms with Gasteiger partial charge in [0.25, 0.3) is 0 Å². The number of urea groups is 1. The molecule has 0 spiro atoms. The summed E-state index contributed by atoms with van der Waals surface area (Å²) in [4.78, 5) is 34.5. The molecule has 3 atom stereocenters. The van der Waals surface area contributed by atoms with Crippen molar-refractivity contribution in [3.63, 3.8) is 0 Å². The minimum absolute atomic E-state index is 0.186. The molecule has 0 aromatic carbocycles. The highest BCUT2D eigenvalue weighted by Crippen LogP contribution is 2.18. The van der Waals surface area contributed by atoms with E-state index in [4.69, 9.17) is 5.11 Å². The SMILES string of the molecule is CCC(C)[C@H](NC(=O)NC(C)C(=O)NC1CC1)C(=O)O. The van der Waals surface area contributed by atoms with Gasteiger partial charge in [-0.15, -0.1) is 0 Å². The van der Waals surface area contributed by atoms with Crippen molar-refractivity contribution in [2.24, 2.45) is 5.92 Å². The number of amides is 3. The van der Waals surface area contributed by atoms with Gasteiger partial charge >= 0.3 is 12.0 Å². The summed E-state index contributed by atoms with van der Waals surface area (Å²) in [5, 5.41) is 16.7. The lowest BCUT2D eigenvalue weighted by atomic mass is 9.99. The topological polar surface area (TPSA) is 108 Å². The fraction of sp³-hybridized carbons (Fsp3) is 0.769. The molecule has 1 fully saturated rings. The van der Waals surface area contributed by atoms with Crippen LogP contribution in [0.15, 0.2) is 0 Å². The summed E-state index contributed by atoms with van der Waals surface area (Å²) in [7, 11) is 0. The predicted molar refractivity (Wildman–Crippen MR) is 73.2 cm³/mol. The zero-order chi connectivity index (χ0) is 15.3. The second-order valence-electron chi connectivity index (χ2n) is 5.32. The number of carbonyl (C=O) groups excluding carboxylic acids is 2. The third-order valence-electron chi connectivity index (χ3n) is 3.43. The van der Waals surface area contributed by atoms with Crippen molar-refractivity contribution in [3.8, 4) is 0 Å². The molecule has 3 amide bonds. The number of aliphatic carboxylic acids is 1. The average molecular weight is 285 g/mol. The first-order chi connectivity index (χ1) is 9.35. The van der Waals surface area contributed by atoms with E-state index in [-0.39, 0.29) is 17.9 Å². The Hall–Kier alpha value is -1.79. The Kier molecular flexibility index (Phi) is 5.79. The van der Waals surface area contributed by atoms with Crippen LogP contribution in [0.25, 0.3) is 0 Å². The van der Waals surface area contributed by atoms with Gasteiger partial charge in [-0.1, -0.05) is 20.3 Å². The van der Waals surface area contributed by atoms with Gasteiger partial charge in [-0.25, -0.2) is 9.59 Å². The minimum atomic E-state index is -1.08. The van der Waals surface area contributed by atoms with Gasteiger partial charge in [0.2, 0.25) is 5.91 Å². The molecule has 0 saturated heterocycles. The predicted octanol–water partition coefficient (Wildman–Crippen LogP) is 0.452. The molecule has 114 valence electrons. The van der Waals surface area contributed by atoms with E-state index in [1.807, 2.05) is 6.92 Å². The van der Waals surface area contributed by atoms with Gasteiger partial charge in [-0.05, 0) is 25.7 Å². The molecule has 0 radical (unpaired) electrons. The average Bonchev–Trinajstić information content (AvgIpc) is 3.18. The number of carbonyl (C=O) groups is 3. The van der Waals surface area contributed by atoms with Crippen LogP contribution in [0, 0.1) is 5.92 Å². The number of hydrogen-bond donors (Lipinski definition) is 4. The quantitative estimate of drug-likeness (QED) is 0.544. The number of rotatable bonds is 7. The van der Waals surface area contributed by atoms with Gasteiger partial charge in [0.1, 0.15) is 12.1 Å². The summed E-state index contributed by atoms with van der Waals surface area (Å²) in [6.45, 7) is 5.17. The monoisotopic (exact) mass is 285 g/mol. The summed E-state index contributed by atoms with van der Waals surface area (Å²) in [5.74, 6) is -1.52. The van der Waals surface area contributed by atoms with Gasteiger partial charge in [-0.3, -0.25) is 4.79 Å². The summed E-state index contributed by atoms with van der Waals surface area (Å²) in [6, 6.07) is -2.07. The maximum absolute atomic E-state index is 11.7. The third-order valence-corrected chi connectivity index (χ3v) is 3.43. The van der Waals surface area contributed by atoms with Crippen LogP contribution in [0.1, 0.15) is 40.0 Å². The zero-order valence-corrected chi connectivity index (χ0v) is 12.1. The third kappa shape index (κ3) is 5.07. The minimum Gasteiger partial charge on any atom is -0.480 e. The lowest BCUT2D eigenvalue weighted by Crippen LogP contribution is -2.54. The second kappa shape index (κ2) is 7.12. The lowest BCUT2D eigenvalue weighted by Gasteiger charge is -2.21. The molecule has 0 aliphatic heterocycles. The van der Waals surface area contributed by atoms with Crippen molar-refractivity contribution in [1.29, 1.82) is 0 Å². The summed E-state index contributed by atoms with van der Waals surface area (Å²) >= 11 is 0. The summed E-state index contributed by atoms with van der Waals surface area (Å²) in [6.07, 6.45) is 2.58. The molecule has 4 N–H and O–H groups in total. The summed E-state index contributed by atoms with van der Waals surface area (Å²) < 4.78 is 0. The van der Waals surface area contributed by atoms with E-state index in [9.17, 15) is 14.4 Å². The molecule has 0 bridgehead atoms. The molecule has 0 aromatic heterocycles. The van der Waals surface area contributed by atoms with Crippen molar-refractivity contribution in [1.82, 2.24) is 16.0 Å². The lowest BCUT2D eigenvalue weighted by molar-refractivity contribution is -0.140. The molecule has 1 aliphatic rings. The molecular formula is C13H23N3O4. The van der Waals surface area contributed by atoms with E-state index in [2.05, 4.69) is 16.0 Å². The van der Waals surface area contributed by atoms with Crippen LogP contribution in [0.3, 0.4) is 0 Å². The Morgan fingerprint density at radius 1 is 1.20 bits per heavy atom. The summed E-state index contributed by atoms with van der Waals surface area (Å²) in [5.41, 5.74) is 0. The van der Waals surface area contributed by atoms with Gasteiger partial charge in [0.15, 0.2) is 0 Å². The molecular weight excluding hydrogens is 262 g/mol. The Bertz CT molecular complexity index is 382. The van der Waals surface area contributed by atoms with Crippen LogP contribution < -0.4 is 16.0 Å². The molecule has 7 heteroatoms. The fourth-order valence-corrected chi connectivity index (χ4v) is 1.68. The molecule has 0 aromatic rings. The molecule has 0 heterocycles. The first kappa shape index (κ1) is 16.3. The Labute approximate surface area is 118 Å². The van der Waals surface area contributed by atoms with E-state index >= 15 is 0 Å². The Morgan fingerprint density at radius 3 is 2.25 bits per heavy atom. The van der Waals surface area contributed by atoms with Crippen LogP contribution >= 0.6 is 0 Å². The Morgan fingerprint density at radius 2 is 1.80 bits per heavy atom. The zero-order valence-electron chi connectivity index (χ0n) is 12.1. The Balaban J connectivity index is 2.43. The van der Waals surface area contributed by atoms with E-state index in [0.29, 0.717) is 6.42 Å². The van der Waals surface area contributed by atoms with Crippen LogP contribution in [-0.2, 0) is 9.59 Å². The highest BCUT2D eigenvalue weighted by atomic mass is 16.4. The standard InChI is InChI=1S/C13H23N3O4/c1-4-7(2)10(12(18)19)16-13(20)14-8(3)11(17)15-9-5-6-9/h7-10H,4-6H2,1-3H3,(H,15,17)(H,18,19)(H2,14,16,20)/t7?,8?,10-/m0/s1. The van der Waals surface area contributed by atoms with Crippen molar-refractivity contribution in [3.05, 3.63) is 0 Å². The number of carboxylic acids is 1. The molecule has 20 heavy (non-hydrogen) atoms. The van der Waals surface area contributed by atoms with Crippen LogP contribution in [0.5, 0.6) is 0 Å². The van der Waals surface area contributed by atoms with Crippen molar-refractivity contribution in [2.45, 2.75) is 58.2 Å². The maximum atomic E-state index is 11.7. The number of hydrogen-bond acceptors (Lipinski definition) is 3. The first-order valence-electron chi connectivity index (χ1n) is 6.95. The van der Waals surface area contributed by atoms with E-state index in [0.717, 1.165) is 12.8 Å². The number of carboxylic acid groups (broad SMARTS) is 1. The second-order valence-corrected chi connectivity index (χ2v) is 5.32. The van der Waals surface area contributed by atoms with Crippen LogP contribution in [0.2, 0.25) is 0 Å². The number of nitrogens with one attached hydrogen (secondary N) is 3. The van der Waals surface area contributed by atoms with E-state index < -0.39 is 24.1 Å². The smallest absolute Gasteiger partial charge is 0.326 e. The fourth-order valence-electron chi connectivity index (χ4n) is 1.68. The van der Waals surface area contributed by atoms with Gasteiger partial charge < -0.3 is 21.1 Å². The highest BCUT2D eigenvalue weighted by Gasteiger charge is 2.28. The van der Waals surface area contributed by atoms with Crippen molar-refractivity contribution >= 4 is 17.9 Å². The first-order valence-corrected chi connectivity index (χ1v) is 6.95. The molecule has 7 nitrogen and oxygen atoms in total. The normalized spacial score (nSPS) is 18.6. The molecule has 1 aliphatic carbocycles. The largest absolute Gasteiger partial charge is 0.480 e. The van der Waals surface area contributed by atoms with Crippen LogP contribution in [0.4, 0.5) is 4.79 Å². The molecule has 2 unspecified atom stereocenters. The van der Waals surface area contributed by atoms with E-state index in [1.165, 1.54) is 0 Å². The maximum Gasteiger partial charge on any atom is 0.326 e.